The number of carbonyl (C=O) groups is 3. The predicted octanol–water partition coefficient (Wildman–Crippen LogP) is 7.04. The second-order valence-electron chi connectivity index (χ2n) is 12.0. The van der Waals surface area contributed by atoms with Gasteiger partial charge in [-0.3, -0.25) is 9.59 Å². The Hall–Kier alpha value is -4.15. The number of ether oxygens (including phenoxy) is 1. The molecule has 11 nitrogen and oxygen atoms in total. The molecule has 0 saturated carbocycles. The van der Waals surface area contributed by atoms with E-state index in [1.807, 2.05) is 13.0 Å². The summed E-state index contributed by atoms with van der Waals surface area (Å²) in [4.78, 5) is 57.0. The van der Waals surface area contributed by atoms with Crippen molar-refractivity contribution >= 4 is 23.6 Å². The van der Waals surface area contributed by atoms with Crippen LogP contribution in [0, 0.1) is 5.92 Å². The predicted molar refractivity (Wildman–Crippen MR) is 178 cm³/mol. The van der Waals surface area contributed by atoms with E-state index < -0.39 is 23.6 Å². The highest BCUT2D eigenvalue weighted by molar-refractivity contribution is 6.16. The molecule has 3 rings (SSSR count). The molecular formula is C35H50N6O5. The number of aromatic nitrogens is 5. The van der Waals surface area contributed by atoms with Crippen molar-refractivity contribution in [3.05, 3.63) is 70.6 Å². The van der Waals surface area contributed by atoms with Crippen LogP contribution in [-0.2, 0) is 16.6 Å². The zero-order valence-electron chi connectivity index (χ0n) is 27.8. The van der Waals surface area contributed by atoms with Gasteiger partial charge < -0.3 is 4.74 Å². The number of amides is 3. The molecule has 1 unspecified atom stereocenters. The standard InChI is InChI=1S/C35H50N6O5/c1-5-6-7-8-9-10-11-12-13-14-15-16-17-18-19-20-30(42)41(35(45)46-25-28-21-23-29(24-22-28)27(2)3)33(43)31-32-37-38-39(4)34(44)40(32)26-36-31/h9-10,12-13,21,26,29H,2,5-8,11,14-20,22-25H2,1,3-4H3/b10-9+,13-12+. The highest BCUT2D eigenvalue weighted by Gasteiger charge is 2.34. The highest BCUT2D eigenvalue weighted by atomic mass is 16.6. The van der Waals surface area contributed by atoms with Gasteiger partial charge in [0.25, 0.3) is 5.91 Å². The van der Waals surface area contributed by atoms with Gasteiger partial charge in [-0.2, -0.15) is 9.58 Å². The lowest BCUT2D eigenvalue weighted by atomic mass is 9.86. The Bertz CT molecular complexity index is 1480. The summed E-state index contributed by atoms with van der Waals surface area (Å²) in [7, 11) is 1.41. The van der Waals surface area contributed by atoms with Gasteiger partial charge in [-0.05, 0) is 76.2 Å². The highest BCUT2D eigenvalue weighted by Crippen LogP contribution is 2.28. The first-order chi connectivity index (χ1) is 22.2. The summed E-state index contributed by atoms with van der Waals surface area (Å²) in [5.41, 5.74) is 1.02. The van der Waals surface area contributed by atoms with E-state index in [-0.39, 0.29) is 24.4 Å². The van der Waals surface area contributed by atoms with E-state index >= 15 is 0 Å². The SMILES string of the molecule is C=C(C)C1CC=C(COC(=O)N(C(=O)CCCCCCC/C=C/C/C=C/CCCCC)C(=O)c2ncn3c(=O)n(C)nnc23)CC1. The second kappa shape index (κ2) is 19.4. The third-order valence-electron chi connectivity index (χ3n) is 8.26. The Morgan fingerprint density at radius 2 is 1.74 bits per heavy atom. The molecule has 0 radical (unpaired) electrons. The van der Waals surface area contributed by atoms with Crippen molar-refractivity contribution in [3.8, 4) is 0 Å². The summed E-state index contributed by atoms with van der Waals surface area (Å²) in [6.45, 7) is 8.23. The van der Waals surface area contributed by atoms with Crippen molar-refractivity contribution in [3.63, 3.8) is 0 Å². The maximum atomic E-state index is 13.5. The van der Waals surface area contributed by atoms with Crippen molar-refractivity contribution in [2.75, 3.05) is 6.61 Å². The zero-order valence-corrected chi connectivity index (χ0v) is 27.8. The first-order valence-electron chi connectivity index (χ1n) is 16.7. The first kappa shape index (κ1) is 36.3. The van der Waals surface area contributed by atoms with Gasteiger partial charge in [0.1, 0.15) is 12.9 Å². The molecule has 0 saturated heterocycles. The molecule has 250 valence electrons. The zero-order chi connectivity index (χ0) is 33.3. The average Bonchev–Trinajstić information content (AvgIpc) is 3.49. The minimum Gasteiger partial charge on any atom is -0.444 e. The number of imidazole rings is 1. The van der Waals surface area contributed by atoms with Crippen molar-refractivity contribution in [2.45, 2.75) is 110 Å². The van der Waals surface area contributed by atoms with Gasteiger partial charge >= 0.3 is 11.8 Å². The van der Waals surface area contributed by atoms with Crippen molar-refractivity contribution in [2.24, 2.45) is 13.0 Å². The van der Waals surface area contributed by atoms with Crippen LogP contribution in [0.1, 0.15) is 121 Å². The molecule has 46 heavy (non-hydrogen) atoms. The van der Waals surface area contributed by atoms with Gasteiger partial charge in [-0.25, -0.2) is 19.0 Å². The molecule has 2 aromatic rings. The van der Waals surface area contributed by atoms with E-state index in [1.54, 1.807) is 0 Å². The molecule has 0 N–H and O–H groups in total. The molecule has 1 atom stereocenters. The lowest BCUT2D eigenvalue weighted by Crippen LogP contribution is -2.43. The summed E-state index contributed by atoms with van der Waals surface area (Å²) in [5, 5.41) is 7.60. The minimum absolute atomic E-state index is 0.00640. The fourth-order valence-electron chi connectivity index (χ4n) is 5.32. The Balaban J connectivity index is 1.53. The van der Waals surface area contributed by atoms with E-state index in [9.17, 15) is 19.2 Å². The van der Waals surface area contributed by atoms with Crippen LogP contribution in [0.3, 0.4) is 0 Å². The summed E-state index contributed by atoms with van der Waals surface area (Å²) >= 11 is 0. The Morgan fingerprint density at radius 1 is 1.04 bits per heavy atom. The Labute approximate surface area is 272 Å². The number of hydrogen-bond acceptors (Lipinski definition) is 8. The average molecular weight is 635 g/mol. The monoisotopic (exact) mass is 634 g/mol. The van der Waals surface area contributed by atoms with E-state index in [4.69, 9.17) is 4.74 Å². The molecule has 0 aromatic carbocycles. The number of allylic oxidation sites excluding steroid dienone is 6. The van der Waals surface area contributed by atoms with Crippen molar-refractivity contribution in [1.29, 1.82) is 0 Å². The Kier molecular flexibility index (Phi) is 15.3. The molecule has 2 heterocycles. The van der Waals surface area contributed by atoms with Crippen molar-refractivity contribution in [1.82, 2.24) is 29.3 Å². The normalized spacial score (nSPS) is 15.0. The summed E-state index contributed by atoms with van der Waals surface area (Å²) in [6, 6.07) is 0. The lowest BCUT2D eigenvalue weighted by Gasteiger charge is -2.23. The van der Waals surface area contributed by atoms with Crippen LogP contribution >= 0.6 is 0 Å². The maximum Gasteiger partial charge on any atom is 0.424 e. The summed E-state index contributed by atoms with van der Waals surface area (Å²) < 4.78 is 7.50. The van der Waals surface area contributed by atoms with Gasteiger partial charge in [0.15, 0.2) is 11.3 Å². The molecule has 11 heteroatoms. The minimum atomic E-state index is -1.07. The largest absolute Gasteiger partial charge is 0.444 e. The van der Waals surface area contributed by atoms with Gasteiger partial charge in [0, 0.05) is 13.5 Å². The Morgan fingerprint density at radius 3 is 2.41 bits per heavy atom. The number of aryl methyl sites for hydroxylation is 1. The number of unbranched alkanes of at least 4 members (excludes halogenated alkanes) is 8. The number of carbonyl (C=O) groups excluding carboxylic acids is 3. The summed E-state index contributed by atoms with van der Waals surface area (Å²) in [5.74, 6) is -1.29. The van der Waals surface area contributed by atoms with Gasteiger partial charge in [-0.15, -0.1) is 5.10 Å². The molecule has 0 aliphatic heterocycles. The molecule has 1 aliphatic rings. The third-order valence-corrected chi connectivity index (χ3v) is 8.26. The van der Waals surface area contributed by atoms with E-state index in [0.29, 0.717) is 17.2 Å². The lowest BCUT2D eigenvalue weighted by molar-refractivity contribution is -0.127. The molecule has 0 fully saturated rings. The van der Waals surface area contributed by atoms with E-state index in [0.717, 1.165) is 90.8 Å². The molecule has 0 bridgehead atoms. The van der Waals surface area contributed by atoms with Crippen LogP contribution in [0.15, 0.2) is 59.2 Å². The topological polar surface area (TPSA) is 129 Å². The number of hydrogen-bond donors (Lipinski definition) is 0. The molecule has 2 aromatic heterocycles. The number of rotatable bonds is 18. The van der Waals surface area contributed by atoms with Gasteiger partial charge in [0.2, 0.25) is 5.91 Å². The number of fused-ring (bicyclic) bond motifs is 1. The number of imide groups is 3. The molecule has 3 amide bonds. The fraction of sp³-hybridized carbons (Fsp3) is 0.571. The quantitative estimate of drug-likeness (QED) is 0.126. The first-order valence-corrected chi connectivity index (χ1v) is 16.7. The van der Waals surface area contributed by atoms with Crippen LogP contribution in [0.2, 0.25) is 0 Å². The second-order valence-corrected chi connectivity index (χ2v) is 12.0. The van der Waals surface area contributed by atoms with Crippen molar-refractivity contribution < 1.29 is 19.1 Å². The molecular weight excluding hydrogens is 584 g/mol. The fourth-order valence-corrected chi connectivity index (χ4v) is 5.32. The van der Waals surface area contributed by atoms with Crippen LogP contribution < -0.4 is 5.69 Å². The van der Waals surface area contributed by atoms with Crippen LogP contribution in [-0.4, -0.2) is 53.8 Å². The van der Waals surface area contributed by atoms with Gasteiger partial charge in [-0.1, -0.05) is 86.8 Å². The van der Waals surface area contributed by atoms with E-state index in [2.05, 4.69) is 53.1 Å². The van der Waals surface area contributed by atoms with Crippen LogP contribution in [0.4, 0.5) is 4.79 Å². The van der Waals surface area contributed by atoms with Crippen LogP contribution in [0.5, 0.6) is 0 Å². The maximum absolute atomic E-state index is 13.5. The number of nitrogens with zero attached hydrogens (tertiary/aromatic N) is 6. The third kappa shape index (κ3) is 11.0. The molecule has 1 aliphatic carbocycles. The smallest absolute Gasteiger partial charge is 0.424 e. The van der Waals surface area contributed by atoms with Crippen LogP contribution in [0.25, 0.3) is 5.65 Å². The molecule has 0 spiro atoms. The van der Waals surface area contributed by atoms with Gasteiger partial charge in [0.05, 0.1) is 0 Å². The summed E-state index contributed by atoms with van der Waals surface area (Å²) in [6.07, 6.45) is 24.7. The van der Waals surface area contributed by atoms with E-state index in [1.165, 1.54) is 26.3 Å².